The molecule has 0 fully saturated rings. The maximum absolute atomic E-state index is 12.2. The van der Waals surface area contributed by atoms with Gasteiger partial charge in [0.2, 0.25) is 41.1 Å². The van der Waals surface area contributed by atoms with Crippen LogP contribution in [0.2, 0.25) is 20.1 Å². The molecule has 0 radical (unpaired) electrons. The van der Waals surface area contributed by atoms with E-state index in [1.807, 2.05) is 116 Å². The molecule has 1 aliphatic carbocycles. The van der Waals surface area contributed by atoms with Gasteiger partial charge in [-0.1, -0.05) is 172 Å². The molecule has 0 saturated carbocycles. The summed E-state index contributed by atoms with van der Waals surface area (Å²) in [5, 5.41) is 19.0. The van der Waals surface area contributed by atoms with Crippen LogP contribution in [0.15, 0.2) is 192 Å². The third-order valence-electron chi connectivity index (χ3n) is 17.4. The van der Waals surface area contributed by atoms with E-state index in [0.717, 1.165) is 75.2 Å². The number of thiazole rings is 1. The maximum atomic E-state index is 12.2. The number of amides is 8. The molecule has 4 aromatic heterocycles. The third kappa shape index (κ3) is 28.5. The summed E-state index contributed by atoms with van der Waals surface area (Å²) in [6, 6.07) is 52.3. The van der Waals surface area contributed by atoms with E-state index < -0.39 is 18.3 Å². The molecule has 9 N–H and O–H groups in total. The molecule has 8 amide bonds. The highest BCUT2D eigenvalue weighted by Crippen LogP contribution is 2.32. The minimum absolute atomic E-state index is 0.0216. The van der Waals surface area contributed by atoms with Crippen molar-refractivity contribution < 1.29 is 57.4 Å². The normalized spacial score (nSPS) is 11.2. The number of carbonyl (C=O) groups is 8. The van der Waals surface area contributed by atoms with E-state index >= 15 is 0 Å². The van der Waals surface area contributed by atoms with Crippen molar-refractivity contribution in [3.05, 3.63) is 261 Å². The van der Waals surface area contributed by atoms with Gasteiger partial charge in [0, 0.05) is 95.7 Å². The molecule has 1 aliphatic rings. The van der Waals surface area contributed by atoms with Crippen LogP contribution in [-0.4, -0.2) is 146 Å². The molecule has 0 atom stereocenters. The second-order valence-corrected chi connectivity index (χ2v) is 28.6. The van der Waals surface area contributed by atoms with Crippen molar-refractivity contribution in [2.75, 3.05) is 73.6 Å². The minimum atomic E-state index is -0.802. The van der Waals surface area contributed by atoms with Crippen molar-refractivity contribution in [2.24, 2.45) is 0 Å². The van der Waals surface area contributed by atoms with Crippen LogP contribution in [-0.2, 0) is 82.0 Å². The molecule has 12 rings (SSSR count). The van der Waals surface area contributed by atoms with E-state index in [1.165, 1.54) is 70.0 Å². The van der Waals surface area contributed by atoms with Crippen molar-refractivity contribution >= 4 is 161 Å². The van der Waals surface area contributed by atoms with Gasteiger partial charge in [0.25, 0.3) is 5.56 Å². The first-order chi connectivity index (χ1) is 56.9. The number of para-hydroxylation sites is 2. The second kappa shape index (κ2) is 46.1. The Morgan fingerprint density at radius 3 is 1.45 bits per heavy atom. The highest BCUT2D eigenvalue weighted by atomic mass is 35.5. The number of benzene rings is 7. The van der Waals surface area contributed by atoms with Gasteiger partial charge in [-0.3, -0.25) is 84.4 Å². The predicted octanol–water partition coefficient (Wildman–Crippen LogP) is 13.4. The van der Waals surface area contributed by atoms with Gasteiger partial charge in [0.05, 0.1) is 72.3 Å². The second-order valence-electron chi connectivity index (χ2n) is 26.0. The van der Waals surface area contributed by atoms with E-state index in [4.69, 9.17) is 65.5 Å². The number of pyridine rings is 2. The fraction of sp³-hybridized carbons (Fsp3) is 0.256. The van der Waals surface area contributed by atoms with Gasteiger partial charge in [-0.05, 0) is 116 Å². The lowest BCUT2D eigenvalue weighted by molar-refractivity contribution is -0.134. The molecular weight excluding hydrogens is 1620 g/mol. The summed E-state index contributed by atoms with van der Waals surface area (Å²) in [5.74, 6) is -0.620. The highest BCUT2D eigenvalue weighted by molar-refractivity contribution is 7.15. The number of halogens is 4. The van der Waals surface area contributed by atoms with E-state index in [0.29, 0.717) is 85.3 Å². The zero-order valence-corrected chi connectivity index (χ0v) is 68.8. The van der Waals surface area contributed by atoms with Gasteiger partial charge in [-0.15, -0.1) is 0 Å². The number of H-pyrrole nitrogens is 2. The monoisotopic (exact) mass is 1710 g/mol. The lowest BCUT2D eigenvalue weighted by Gasteiger charge is -2.23. The number of hydrogen-bond donors (Lipinski definition) is 9. The van der Waals surface area contributed by atoms with E-state index in [2.05, 4.69) is 62.6 Å². The third-order valence-corrected chi connectivity index (χ3v) is 20.0. The molecule has 7 aromatic carbocycles. The number of nitrogens with zero attached hydrogens (tertiary/aromatic N) is 8. The van der Waals surface area contributed by atoms with Crippen molar-refractivity contribution in [3.8, 4) is 0 Å². The highest BCUT2D eigenvalue weighted by Gasteiger charge is 2.22. The Kier molecular flexibility index (Phi) is 35.2. The average Bonchev–Trinajstić information content (AvgIpc) is 0.911. The van der Waals surface area contributed by atoms with Crippen LogP contribution in [0.3, 0.4) is 0 Å². The fourth-order valence-corrected chi connectivity index (χ4v) is 13.2. The molecule has 11 aromatic rings. The van der Waals surface area contributed by atoms with Gasteiger partial charge >= 0.3 is 18.3 Å². The molecule has 31 nitrogen and oxygen atoms in total. The number of aromatic amines is 2. The number of hydroxylamine groups is 1. The summed E-state index contributed by atoms with van der Waals surface area (Å²) in [6.45, 7) is 9.85. The predicted molar refractivity (Wildman–Crippen MR) is 454 cm³/mol. The number of aromatic nitrogens is 5. The first kappa shape index (κ1) is 90.0. The summed E-state index contributed by atoms with van der Waals surface area (Å²) in [5.41, 5.74) is 19.2. The summed E-state index contributed by atoms with van der Waals surface area (Å²) in [6.07, 6.45) is 4.25. The van der Waals surface area contributed by atoms with E-state index in [9.17, 15) is 47.9 Å². The van der Waals surface area contributed by atoms with Gasteiger partial charge in [0.1, 0.15) is 25.6 Å². The molecular formula is C82H87Cl4N17O14S. The Balaban J connectivity index is 0.000000179. The Hall–Kier alpha value is -12.0. The number of nitrogens with one attached hydrogen (secondary N) is 9. The quantitative estimate of drug-likeness (QED) is 0.0115. The number of carbonyl (C=O) groups excluding carboxylic acids is 8. The molecule has 0 bridgehead atoms. The molecule has 118 heavy (non-hydrogen) atoms. The molecule has 4 heterocycles. The fourth-order valence-electron chi connectivity index (χ4n) is 11.3. The Labute approximate surface area is 702 Å². The summed E-state index contributed by atoms with van der Waals surface area (Å²) < 4.78 is 15.4. The number of ether oxygens (including phenoxy) is 3. The zero-order chi connectivity index (χ0) is 84.5. The Morgan fingerprint density at radius 2 is 0.949 bits per heavy atom. The van der Waals surface area contributed by atoms with Crippen molar-refractivity contribution in [1.82, 2.24) is 66.7 Å². The topological polar surface area (TPSA) is 378 Å². The lowest BCUT2D eigenvalue weighted by atomic mass is 10.0. The lowest BCUT2D eigenvalue weighted by Crippen LogP contribution is -2.44. The van der Waals surface area contributed by atoms with Crippen LogP contribution in [0.25, 0.3) is 32.7 Å². The van der Waals surface area contributed by atoms with Gasteiger partial charge in [-0.25, -0.2) is 46.1 Å². The summed E-state index contributed by atoms with van der Waals surface area (Å²) >= 11 is 26.0. The maximum Gasteiger partial charge on any atom is 0.414 e. The van der Waals surface area contributed by atoms with Crippen molar-refractivity contribution in [3.63, 3.8) is 0 Å². The standard InChI is InChI=1S/C21H22ClN5O4.C21H21ClN4O4.C21H21ClN4O3.C19H23ClN4O3S/c1-13-7-8-18-16(11-13)19(29)25-20(24-18)26-21(30)31-10-9-27(14(2)28)23-12-15-5-3-4-6-17(15)22;1-14(27)26(23-13-15-6-2-4-8-17(15)22)10-11-30-21(29)25-20-12-19(28)16-7-3-5-9-18(16)24-20;1-15(27)26(24-13-17-7-2-4-8-19(17)22)10-11-29-21(28)25-18-12-16-6-3-5-9-20(16)23-14-18;1-14(26)23(21-12-15-6-2-3-7-16(15)20)10-11-27-24(13-25)19-22-17-8-4-5-9-18(17)28-19/h3-8,11,23H,9-10,12H2,1-2H3,(H2,24,25,26,29,30);2-9,12,23H,10-11,13H2,1H3,(H2,24,25,28,29);2-9,12,14,24H,10-11,13H2,1H3,(H,25,28);2-3,6-7,13,21H,4-5,8-12H2,1H3. The smallest absolute Gasteiger partial charge is 0.414 e. The van der Waals surface area contributed by atoms with Crippen LogP contribution in [0.5, 0.6) is 0 Å². The van der Waals surface area contributed by atoms with E-state index in [-0.39, 0.29) is 99.0 Å². The van der Waals surface area contributed by atoms with Crippen LogP contribution in [0.4, 0.5) is 37.0 Å². The van der Waals surface area contributed by atoms with Crippen molar-refractivity contribution in [2.45, 2.75) is 86.5 Å². The van der Waals surface area contributed by atoms with Crippen LogP contribution in [0, 0.1) is 6.92 Å². The number of anilines is 4. The molecule has 0 spiro atoms. The van der Waals surface area contributed by atoms with Crippen molar-refractivity contribution in [1.29, 1.82) is 0 Å². The van der Waals surface area contributed by atoms with Crippen LogP contribution in [0.1, 0.15) is 78.9 Å². The van der Waals surface area contributed by atoms with Gasteiger partial charge in [0.15, 0.2) is 5.43 Å². The molecule has 36 heteroatoms. The number of fused-ring (bicyclic) bond motifs is 4. The molecule has 0 aliphatic heterocycles. The summed E-state index contributed by atoms with van der Waals surface area (Å²) in [4.78, 5) is 144. The number of hydrogen-bond acceptors (Lipinski definition) is 22. The number of rotatable bonds is 30. The Bertz CT molecular complexity index is 5410. The number of aryl methyl sites for hydroxylation is 3. The van der Waals surface area contributed by atoms with Crippen LogP contribution >= 0.6 is 57.7 Å². The largest absolute Gasteiger partial charge is 0.447 e. The van der Waals surface area contributed by atoms with Gasteiger partial charge < -0.3 is 19.2 Å². The van der Waals surface area contributed by atoms with Gasteiger partial charge in [-0.2, -0.15) is 5.06 Å². The average molecular weight is 1710 g/mol. The SMILES string of the molecule is CC(=O)N(CCOC(=O)Nc1cc(=O)c2ccccc2[nH]1)NCc1ccccc1Cl.CC(=O)N(CCOC(=O)Nc1cnc2ccccc2c1)NCc1ccccc1Cl.CC(=O)N(CCOC(=O)Nc1nc2ccc(C)cc2c(=O)[nH]1)NCc1ccccc1Cl.CC(=O)N(CCON(C=O)c1nc2c(s1)CCCC2)NCc1ccccc1Cl. The Morgan fingerprint density at radius 1 is 0.492 bits per heavy atom. The zero-order valence-electron chi connectivity index (χ0n) is 64.9. The molecule has 0 saturated heterocycles. The number of hydrazine groups is 4. The van der Waals surface area contributed by atoms with E-state index in [1.54, 1.807) is 66.9 Å². The molecule has 618 valence electrons. The summed E-state index contributed by atoms with van der Waals surface area (Å²) in [7, 11) is 0. The van der Waals surface area contributed by atoms with Crippen LogP contribution < -0.4 is 53.7 Å². The first-order valence-corrected chi connectivity index (χ1v) is 39.4. The first-order valence-electron chi connectivity index (χ1n) is 37.0. The minimum Gasteiger partial charge on any atom is -0.447 e. The molecule has 0 unspecified atom stereocenters.